The molecule has 0 aliphatic heterocycles. The molecule has 0 N–H and O–H groups in total. The first-order valence-corrected chi connectivity index (χ1v) is 8.96. The molecule has 1 aromatic heterocycles. The molecule has 3 aromatic carbocycles. The van der Waals surface area contributed by atoms with Crippen molar-refractivity contribution in [1.82, 2.24) is 9.97 Å². The number of hydrogen-bond donors (Lipinski definition) is 0. The summed E-state index contributed by atoms with van der Waals surface area (Å²) in [4.78, 5) is 20.4. The molecule has 4 aromatic rings. The Morgan fingerprint density at radius 1 is 0.889 bits per heavy atom. The fourth-order valence-corrected chi connectivity index (χ4v) is 3.50. The van der Waals surface area contributed by atoms with Crippen LogP contribution in [0.25, 0.3) is 33.2 Å². The Morgan fingerprint density at radius 3 is 2.48 bits per heavy atom. The van der Waals surface area contributed by atoms with E-state index in [1.54, 1.807) is 13.3 Å². The van der Waals surface area contributed by atoms with Crippen molar-refractivity contribution < 1.29 is 4.79 Å². The quantitative estimate of drug-likeness (QED) is 0.439. The van der Waals surface area contributed by atoms with E-state index in [4.69, 9.17) is 0 Å². The zero-order valence-electron chi connectivity index (χ0n) is 15.7. The number of Topliss-reactive ketones (excluding diaryl/α,β-unsaturated/α-hetero) is 1. The minimum atomic E-state index is 0.0806. The topological polar surface area (TPSA) is 42.9 Å². The Hall–Kier alpha value is -3.33. The van der Waals surface area contributed by atoms with Crippen molar-refractivity contribution in [3.8, 4) is 22.3 Å². The molecule has 0 unspecified atom stereocenters. The summed E-state index contributed by atoms with van der Waals surface area (Å²) in [6.45, 7) is 5.73. The van der Waals surface area contributed by atoms with Crippen molar-refractivity contribution in [2.45, 2.75) is 20.8 Å². The van der Waals surface area contributed by atoms with Crippen molar-refractivity contribution >= 4 is 16.7 Å². The summed E-state index contributed by atoms with van der Waals surface area (Å²) in [5, 5.41) is 1.00. The lowest BCUT2D eigenvalue weighted by molar-refractivity contribution is 0.101. The van der Waals surface area contributed by atoms with Gasteiger partial charge in [0.1, 0.15) is 6.33 Å². The average Bonchev–Trinajstić information content (AvgIpc) is 2.67. The second-order valence-corrected chi connectivity index (χ2v) is 6.94. The summed E-state index contributed by atoms with van der Waals surface area (Å²) >= 11 is 0. The van der Waals surface area contributed by atoms with E-state index < -0.39 is 0 Å². The number of hydrogen-bond acceptors (Lipinski definition) is 3. The number of nitrogens with zero attached hydrogens (tertiary/aromatic N) is 2. The maximum atomic E-state index is 11.7. The highest BCUT2D eigenvalue weighted by Gasteiger charge is 2.12. The molecule has 0 saturated heterocycles. The van der Waals surface area contributed by atoms with Crippen molar-refractivity contribution in [2.75, 3.05) is 0 Å². The summed E-state index contributed by atoms with van der Waals surface area (Å²) in [6, 6.07) is 18.6. The lowest BCUT2D eigenvalue weighted by Gasteiger charge is -2.13. The van der Waals surface area contributed by atoms with Crippen LogP contribution in [0.15, 0.2) is 67.1 Å². The van der Waals surface area contributed by atoms with Crippen molar-refractivity contribution in [3.05, 3.63) is 83.8 Å². The Bertz CT molecular complexity index is 1180. The second kappa shape index (κ2) is 6.76. The highest BCUT2D eigenvalue weighted by molar-refractivity contribution is 5.98. The van der Waals surface area contributed by atoms with Gasteiger partial charge in [0.25, 0.3) is 0 Å². The first kappa shape index (κ1) is 17.1. The monoisotopic (exact) mass is 352 g/mol. The van der Waals surface area contributed by atoms with Crippen molar-refractivity contribution in [2.24, 2.45) is 0 Å². The van der Waals surface area contributed by atoms with Crippen LogP contribution in [0.2, 0.25) is 0 Å². The van der Waals surface area contributed by atoms with Crippen LogP contribution in [0.3, 0.4) is 0 Å². The van der Waals surface area contributed by atoms with Gasteiger partial charge in [0, 0.05) is 22.7 Å². The summed E-state index contributed by atoms with van der Waals surface area (Å²) < 4.78 is 0. The van der Waals surface area contributed by atoms with Gasteiger partial charge in [0.2, 0.25) is 0 Å². The van der Waals surface area contributed by atoms with Gasteiger partial charge in [-0.25, -0.2) is 9.97 Å². The van der Waals surface area contributed by atoms with Gasteiger partial charge in [-0.05, 0) is 61.2 Å². The summed E-state index contributed by atoms with van der Waals surface area (Å²) in [6.07, 6.45) is 3.44. The summed E-state index contributed by atoms with van der Waals surface area (Å²) in [5.74, 6) is 0.0806. The minimum Gasteiger partial charge on any atom is -0.295 e. The molecule has 0 radical (unpaired) electrons. The molecule has 0 aliphatic rings. The van der Waals surface area contributed by atoms with E-state index in [9.17, 15) is 4.79 Å². The molecule has 0 atom stereocenters. The van der Waals surface area contributed by atoms with Gasteiger partial charge >= 0.3 is 0 Å². The highest BCUT2D eigenvalue weighted by Crippen LogP contribution is 2.34. The lowest BCUT2D eigenvalue weighted by Crippen LogP contribution is -1.95. The van der Waals surface area contributed by atoms with Crippen molar-refractivity contribution in [1.29, 1.82) is 0 Å². The number of rotatable bonds is 3. The predicted molar refractivity (Wildman–Crippen MR) is 110 cm³/mol. The molecule has 0 aliphatic carbocycles. The molecular formula is C24H20N2O. The zero-order chi connectivity index (χ0) is 19.0. The van der Waals surface area contributed by atoms with Gasteiger partial charge in [0.15, 0.2) is 5.78 Å². The maximum Gasteiger partial charge on any atom is 0.159 e. The SMILES string of the molecule is CC(=O)c1ccc(-c2cc(-c3cccc(C)c3)c3ncncc3c2)c(C)c1. The number of aryl methyl sites for hydroxylation is 2. The van der Waals surface area contributed by atoms with E-state index in [0.29, 0.717) is 0 Å². The van der Waals surface area contributed by atoms with Crippen LogP contribution in [0.4, 0.5) is 0 Å². The molecule has 27 heavy (non-hydrogen) atoms. The number of benzene rings is 3. The van der Waals surface area contributed by atoms with Gasteiger partial charge in [-0.3, -0.25) is 4.79 Å². The molecule has 3 nitrogen and oxygen atoms in total. The number of carbonyl (C=O) groups excluding carboxylic acids is 1. The molecule has 3 heteroatoms. The summed E-state index contributed by atoms with van der Waals surface area (Å²) in [7, 11) is 0. The molecule has 0 saturated carbocycles. The van der Waals surface area contributed by atoms with Crippen molar-refractivity contribution in [3.63, 3.8) is 0 Å². The zero-order valence-corrected chi connectivity index (χ0v) is 15.7. The fraction of sp³-hybridized carbons (Fsp3) is 0.125. The average molecular weight is 352 g/mol. The first-order chi connectivity index (χ1) is 13.0. The fourth-order valence-electron chi connectivity index (χ4n) is 3.50. The number of ketones is 1. The van der Waals surface area contributed by atoms with E-state index in [2.05, 4.69) is 53.3 Å². The summed E-state index contributed by atoms with van der Waals surface area (Å²) in [5.41, 5.74) is 8.40. The van der Waals surface area contributed by atoms with Gasteiger partial charge in [0.05, 0.1) is 5.52 Å². The van der Waals surface area contributed by atoms with Gasteiger partial charge in [-0.1, -0.05) is 42.0 Å². The van der Waals surface area contributed by atoms with E-state index in [1.165, 1.54) is 5.56 Å². The van der Waals surface area contributed by atoms with Crippen LogP contribution in [-0.4, -0.2) is 15.8 Å². The molecule has 1 heterocycles. The van der Waals surface area contributed by atoms with Crippen LogP contribution in [0.5, 0.6) is 0 Å². The predicted octanol–water partition coefficient (Wildman–Crippen LogP) is 5.78. The van der Waals surface area contributed by atoms with Gasteiger partial charge in [-0.15, -0.1) is 0 Å². The molecule has 4 rings (SSSR count). The van der Waals surface area contributed by atoms with Gasteiger partial charge < -0.3 is 0 Å². The normalized spacial score (nSPS) is 10.9. The minimum absolute atomic E-state index is 0.0806. The Kier molecular flexibility index (Phi) is 4.28. The van der Waals surface area contributed by atoms with E-state index in [-0.39, 0.29) is 5.78 Å². The third-order valence-corrected chi connectivity index (χ3v) is 4.88. The van der Waals surface area contributed by atoms with Crippen LogP contribution < -0.4 is 0 Å². The van der Waals surface area contributed by atoms with E-state index >= 15 is 0 Å². The highest BCUT2D eigenvalue weighted by atomic mass is 16.1. The molecule has 0 spiro atoms. The maximum absolute atomic E-state index is 11.7. The second-order valence-electron chi connectivity index (χ2n) is 6.94. The Labute approximate surface area is 158 Å². The smallest absolute Gasteiger partial charge is 0.159 e. The Balaban J connectivity index is 1.97. The Morgan fingerprint density at radius 2 is 1.74 bits per heavy atom. The van der Waals surface area contributed by atoms with Crippen LogP contribution >= 0.6 is 0 Å². The molecular weight excluding hydrogens is 332 g/mol. The molecule has 132 valence electrons. The standard InChI is InChI=1S/C24H20N2O/c1-15-5-4-6-19(9-15)23-12-20(11-21-13-25-14-26-24(21)23)22-8-7-18(17(3)27)10-16(22)2/h4-14H,1-3H3. The van der Waals surface area contributed by atoms with Crippen LogP contribution in [0, 0.1) is 13.8 Å². The number of carbonyl (C=O) groups is 1. The third kappa shape index (κ3) is 3.24. The van der Waals surface area contributed by atoms with E-state index in [1.807, 2.05) is 31.3 Å². The molecule has 0 amide bonds. The largest absolute Gasteiger partial charge is 0.295 e. The number of aromatic nitrogens is 2. The molecule has 0 fully saturated rings. The lowest BCUT2D eigenvalue weighted by atomic mass is 9.92. The third-order valence-electron chi connectivity index (χ3n) is 4.88. The van der Waals surface area contributed by atoms with Crippen LogP contribution in [-0.2, 0) is 0 Å². The van der Waals surface area contributed by atoms with E-state index in [0.717, 1.165) is 44.3 Å². The van der Waals surface area contributed by atoms with Gasteiger partial charge in [-0.2, -0.15) is 0 Å². The van der Waals surface area contributed by atoms with Crippen LogP contribution in [0.1, 0.15) is 28.4 Å². The first-order valence-electron chi connectivity index (χ1n) is 8.96. The molecule has 0 bridgehead atoms. The number of fused-ring (bicyclic) bond motifs is 1.